The second-order valence-corrected chi connectivity index (χ2v) is 6.94. The molecule has 0 bridgehead atoms. The molecule has 2 atom stereocenters. The first kappa shape index (κ1) is 18.0. The number of nitrogens with zero attached hydrogens (tertiary/aromatic N) is 5. The van der Waals surface area contributed by atoms with Crippen LogP contribution in [-0.2, 0) is 9.53 Å². The molecule has 8 heteroatoms. The van der Waals surface area contributed by atoms with E-state index in [0.29, 0.717) is 19.7 Å². The average Bonchev–Trinajstić information content (AvgIpc) is 2.79. The van der Waals surface area contributed by atoms with Gasteiger partial charge in [-0.05, 0) is 12.5 Å². The summed E-state index contributed by atoms with van der Waals surface area (Å²) < 4.78 is 5.19. The Morgan fingerprint density at radius 1 is 1.24 bits per heavy atom. The molecule has 0 spiro atoms. The highest BCUT2D eigenvalue weighted by atomic mass is 16.5. The van der Waals surface area contributed by atoms with Crippen molar-refractivity contribution in [1.82, 2.24) is 19.8 Å². The number of piperazine rings is 1. The molecule has 25 heavy (non-hydrogen) atoms. The maximum absolute atomic E-state index is 11.6. The van der Waals surface area contributed by atoms with Crippen molar-refractivity contribution in [1.29, 1.82) is 0 Å². The number of methoxy groups -OCH3 is 1. The van der Waals surface area contributed by atoms with Crippen LogP contribution in [0.2, 0.25) is 0 Å². The lowest BCUT2D eigenvalue weighted by atomic mass is 10.1. The largest absolute Gasteiger partial charge is 0.481 e. The molecule has 138 valence electrons. The Bertz CT molecular complexity index is 582. The van der Waals surface area contributed by atoms with Crippen LogP contribution in [0.1, 0.15) is 5.56 Å². The van der Waals surface area contributed by atoms with Gasteiger partial charge in [0, 0.05) is 71.4 Å². The van der Waals surface area contributed by atoms with Crippen molar-refractivity contribution < 1.29 is 14.6 Å². The zero-order chi connectivity index (χ0) is 17.8. The number of aromatic nitrogens is 2. The maximum Gasteiger partial charge on any atom is 0.309 e. The Kier molecular flexibility index (Phi) is 5.82. The normalized spacial score (nSPS) is 25.4. The first-order chi connectivity index (χ1) is 12.1. The number of aliphatic carboxylic acids is 1. The molecule has 2 aliphatic heterocycles. The van der Waals surface area contributed by atoms with Crippen LogP contribution in [0.15, 0.2) is 12.4 Å². The fourth-order valence-corrected chi connectivity index (χ4v) is 3.62. The number of ether oxygens (including phenoxy) is 1. The van der Waals surface area contributed by atoms with Crippen LogP contribution in [0.5, 0.6) is 0 Å². The topological polar surface area (TPSA) is 82.0 Å². The molecule has 1 aromatic heterocycles. The van der Waals surface area contributed by atoms with E-state index in [1.807, 2.05) is 19.3 Å². The molecule has 0 aliphatic carbocycles. The Balaban J connectivity index is 1.72. The summed E-state index contributed by atoms with van der Waals surface area (Å²) in [5.41, 5.74) is 1.05. The number of fused-ring (bicyclic) bond motifs is 1. The second-order valence-electron chi connectivity index (χ2n) is 6.94. The fraction of sp³-hybridized carbons (Fsp3) is 0.706. The lowest BCUT2D eigenvalue weighted by Gasteiger charge is -2.41. The van der Waals surface area contributed by atoms with Gasteiger partial charge < -0.3 is 14.7 Å². The van der Waals surface area contributed by atoms with Crippen LogP contribution in [0.4, 0.5) is 5.95 Å². The van der Waals surface area contributed by atoms with Crippen molar-refractivity contribution in [3.63, 3.8) is 0 Å². The predicted octanol–water partition coefficient (Wildman–Crippen LogP) is -0.0616. The Hall–Kier alpha value is -1.77. The summed E-state index contributed by atoms with van der Waals surface area (Å²) in [5, 5.41) is 9.54. The molecule has 2 saturated heterocycles. The van der Waals surface area contributed by atoms with Crippen LogP contribution in [-0.4, -0.2) is 96.4 Å². The maximum atomic E-state index is 11.6. The van der Waals surface area contributed by atoms with Crippen molar-refractivity contribution in [2.24, 2.45) is 5.92 Å². The van der Waals surface area contributed by atoms with Crippen molar-refractivity contribution in [3.05, 3.63) is 18.0 Å². The van der Waals surface area contributed by atoms with E-state index >= 15 is 0 Å². The molecule has 1 N–H and O–H groups in total. The van der Waals surface area contributed by atoms with E-state index in [0.717, 1.165) is 44.2 Å². The van der Waals surface area contributed by atoms with Crippen LogP contribution in [0.3, 0.4) is 0 Å². The van der Waals surface area contributed by atoms with Gasteiger partial charge in [0.1, 0.15) is 0 Å². The van der Waals surface area contributed by atoms with E-state index < -0.39 is 5.97 Å². The third-order valence-corrected chi connectivity index (χ3v) is 5.02. The summed E-state index contributed by atoms with van der Waals surface area (Å²) in [6.45, 7) is 7.85. The van der Waals surface area contributed by atoms with E-state index in [1.54, 1.807) is 7.11 Å². The molecular weight excluding hydrogens is 322 g/mol. The average molecular weight is 349 g/mol. The third-order valence-electron chi connectivity index (χ3n) is 5.02. The quantitative estimate of drug-likeness (QED) is 0.792. The monoisotopic (exact) mass is 349 g/mol. The van der Waals surface area contributed by atoms with E-state index in [1.165, 1.54) is 0 Å². The van der Waals surface area contributed by atoms with E-state index in [4.69, 9.17) is 4.74 Å². The Morgan fingerprint density at radius 2 is 2.00 bits per heavy atom. The highest BCUT2D eigenvalue weighted by Gasteiger charge is 2.36. The second kappa shape index (κ2) is 8.07. The van der Waals surface area contributed by atoms with Crippen LogP contribution >= 0.6 is 0 Å². The fourth-order valence-electron chi connectivity index (χ4n) is 3.62. The molecule has 3 heterocycles. The van der Waals surface area contributed by atoms with Gasteiger partial charge in [-0.25, -0.2) is 9.97 Å². The van der Waals surface area contributed by atoms with Gasteiger partial charge in [0.05, 0.1) is 12.5 Å². The van der Waals surface area contributed by atoms with Gasteiger partial charge in [-0.15, -0.1) is 0 Å². The molecular formula is C17H27N5O3. The number of carbonyl (C=O) groups is 1. The molecule has 0 aromatic carbocycles. The SMILES string of the molecule is COCCN1C[C@H](C(=O)O)CN2CCN(c3ncc(C)cn3)C[C@@H]2C1. The molecule has 0 saturated carbocycles. The van der Waals surface area contributed by atoms with E-state index in [-0.39, 0.29) is 12.0 Å². The van der Waals surface area contributed by atoms with Crippen molar-refractivity contribution in [2.75, 3.05) is 64.4 Å². The van der Waals surface area contributed by atoms with Gasteiger partial charge in [-0.2, -0.15) is 0 Å². The lowest BCUT2D eigenvalue weighted by molar-refractivity contribution is -0.142. The van der Waals surface area contributed by atoms with E-state index in [9.17, 15) is 9.90 Å². The van der Waals surface area contributed by atoms with Gasteiger partial charge in [-0.3, -0.25) is 14.6 Å². The standard InChI is InChI=1S/C17H27N5O3/c1-13-7-18-17(19-8-13)22-4-3-21-10-14(16(23)24)9-20(5-6-25-2)11-15(21)12-22/h7-8,14-15H,3-6,9-12H2,1-2H3,(H,23,24)/t14-,15-/m0/s1. The zero-order valence-electron chi connectivity index (χ0n) is 15.0. The molecule has 0 radical (unpaired) electrons. The zero-order valence-corrected chi connectivity index (χ0v) is 15.0. The molecule has 2 fully saturated rings. The predicted molar refractivity (Wildman–Crippen MR) is 93.8 cm³/mol. The lowest BCUT2D eigenvalue weighted by Crippen LogP contribution is -2.56. The smallest absolute Gasteiger partial charge is 0.309 e. The molecule has 2 aliphatic rings. The highest BCUT2D eigenvalue weighted by molar-refractivity contribution is 5.70. The Labute approximate surface area is 148 Å². The molecule has 1 aromatic rings. The van der Waals surface area contributed by atoms with Gasteiger partial charge in [0.2, 0.25) is 5.95 Å². The molecule has 0 amide bonds. The summed E-state index contributed by atoms with van der Waals surface area (Å²) in [6, 6.07) is 0.278. The number of hydrogen-bond acceptors (Lipinski definition) is 7. The molecule has 0 unspecified atom stereocenters. The van der Waals surface area contributed by atoms with E-state index in [2.05, 4.69) is 24.7 Å². The summed E-state index contributed by atoms with van der Waals surface area (Å²) in [6.07, 6.45) is 3.68. The van der Waals surface area contributed by atoms with Crippen LogP contribution in [0, 0.1) is 12.8 Å². The van der Waals surface area contributed by atoms with Crippen LogP contribution < -0.4 is 4.90 Å². The number of carboxylic acids is 1. The minimum absolute atomic E-state index is 0.278. The summed E-state index contributed by atoms with van der Waals surface area (Å²) in [4.78, 5) is 27.2. The number of hydrogen-bond donors (Lipinski definition) is 1. The minimum Gasteiger partial charge on any atom is -0.481 e. The number of carboxylic acid groups (broad SMARTS) is 1. The number of anilines is 1. The summed E-state index contributed by atoms with van der Waals surface area (Å²) >= 11 is 0. The first-order valence-electron chi connectivity index (χ1n) is 8.78. The number of rotatable bonds is 5. The molecule has 3 rings (SSSR count). The van der Waals surface area contributed by atoms with Gasteiger partial charge in [-0.1, -0.05) is 0 Å². The summed E-state index contributed by atoms with van der Waals surface area (Å²) in [5.74, 6) is -0.316. The minimum atomic E-state index is -0.715. The van der Waals surface area contributed by atoms with Crippen molar-refractivity contribution in [2.45, 2.75) is 13.0 Å². The Morgan fingerprint density at radius 3 is 2.68 bits per heavy atom. The number of aryl methyl sites for hydroxylation is 1. The van der Waals surface area contributed by atoms with Crippen molar-refractivity contribution in [3.8, 4) is 0 Å². The third kappa shape index (κ3) is 4.45. The highest BCUT2D eigenvalue weighted by Crippen LogP contribution is 2.21. The van der Waals surface area contributed by atoms with Crippen LogP contribution in [0.25, 0.3) is 0 Å². The first-order valence-corrected chi connectivity index (χ1v) is 8.78. The van der Waals surface area contributed by atoms with Gasteiger partial charge >= 0.3 is 5.97 Å². The van der Waals surface area contributed by atoms with Gasteiger partial charge in [0.25, 0.3) is 0 Å². The summed E-state index contributed by atoms with van der Waals surface area (Å²) in [7, 11) is 1.68. The molecule has 8 nitrogen and oxygen atoms in total. The van der Waals surface area contributed by atoms with Gasteiger partial charge in [0.15, 0.2) is 0 Å². The van der Waals surface area contributed by atoms with Crippen molar-refractivity contribution >= 4 is 11.9 Å².